The van der Waals surface area contributed by atoms with Gasteiger partial charge in [-0.15, -0.1) is 0 Å². The van der Waals surface area contributed by atoms with Gasteiger partial charge in [-0.05, 0) is 77.9 Å². The van der Waals surface area contributed by atoms with Gasteiger partial charge < -0.3 is 11.1 Å². The summed E-state index contributed by atoms with van der Waals surface area (Å²) in [6.07, 6.45) is 2.00. The molecule has 0 bridgehead atoms. The van der Waals surface area contributed by atoms with Crippen molar-refractivity contribution in [2.45, 2.75) is 25.8 Å². The number of nitrogens with two attached hydrogens (primary N) is 1. The fourth-order valence-corrected chi connectivity index (χ4v) is 3.51. The van der Waals surface area contributed by atoms with E-state index < -0.39 is 5.91 Å². The number of nitrogens with one attached hydrogen (secondary N) is 1. The Labute approximate surface area is 175 Å². The van der Waals surface area contributed by atoms with Crippen LogP contribution < -0.4 is 11.1 Å². The van der Waals surface area contributed by atoms with E-state index in [0.717, 1.165) is 40.7 Å². The minimum atomic E-state index is -0.476. The van der Waals surface area contributed by atoms with Crippen LogP contribution in [0.15, 0.2) is 60.7 Å². The molecule has 5 nitrogen and oxygen atoms in total. The molecule has 0 aromatic heterocycles. The van der Waals surface area contributed by atoms with Crippen LogP contribution in [-0.2, 0) is 0 Å². The van der Waals surface area contributed by atoms with Gasteiger partial charge in [0.1, 0.15) is 0 Å². The molecular formula is C25H21N3O2. The molecule has 3 N–H and O–H groups in total. The fourth-order valence-electron chi connectivity index (χ4n) is 3.51. The van der Waals surface area contributed by atoms with Gasteiger partial charge in [0.05, 0.1) is 11.6 Å². The summed E-state index contributed by atoms with van der Waals surface area (Å²) in [6, 6.07) is 20.6. The third-order valence-electron chi connectivity index (χ3n) is 5.30. The molecule has 5 heteroatoms. The molecule has 4 rings (SSSR count). The van der Waals surface area contributed by atoms with E-state index in [2.05, 4.69) is 11.4 Å². The first-order valence-electron chi connectivity index (χ1n) is 9.82. The maximum absolute atomic E-state index is 13.0. The molecule has 2 amide bonds. The Morgan fingerprint density at radius 3 is 2.37 bits per heavy atom. The Hall–Kier alpha value is -3.91. The zero-order valence-electron chi connectivity index (χ0n) is 16.6. The molecule has 0 saturated heterocycles. The smallest absolute Gasteiger partial charge is 0.252 e. The third-order valence-corrected chi connectivity index (χ3v) is 5.30. The fraction of sp³-hybridized carbons (Fsp3) is 0.160. The number of aryl methyl sites for hydroxylation is 1. The highest BCUT2D eigenvalue weighted by Gasteiger charge is 2.26. The lowest BCUT2D eigenvalue weighted by Crippen LogP contribution is -2.26. The van der Waals surface area contributed by atoms with Gasteiger partial charge in [-0.2, -0.15) is 5.26 Å². The number of nitriles is 1. The number of nitrogens with zero attached hydrogens (tertiary/aromatic N) is 1. The van der Waals surface area contributed by atoms with E-state index in [4.69, 9.17) is 5.73 Å². The van der Waals surface area contributed by atoms with Gasteiger partial charge in [0.2, 0.25) is 5.91 Å². The number of amides is 2. The summed E-state index contributed by atoms with van der Waals surface area (Å²) in [7, 11) is 0. The van der Waals surface area contributed by atoms with Crippen molar-refractivity contribution in [3.63, 3.8) is 0 Å². The molecule has 3 aromatic rings. The van der Waals surface area contributed by atoms with Crippen LogP contribution in [0.5, 0.6) is 0 Å². The zero-order chi connectivity index (χ0) is 21.3. The molecule has 148 valence electrons. The molecule has 0 spiro atoms. The second-order valence-corrected chi connectivity index (χ2v) is 7.59. The minimum Gasteiger partial charge on any atom is -0.366 e. The lowest BCUT2D eigenvalue weighted by atomic mass is 9.90. The molecule has 3 aromatic carbocycles. The van der Waals surface area contributed by atoms with Crippen LogP contribution in [-0.4, -0.2) is 17.9 Å². The normalized spacial score (nSPS) is 12.8. The first kappa shape index (κ1) is 19.4. The second kappa shape index (κ2) is 7.84. The number of hydrogen-bond donors (Lipinski definition) is 2. The van der Waals surface area contributed by atoms with Gasteiger partial charge >= 0.3 is 0 Å². The molecule has 0 heterocycles. The number of primary amides is 1. The van der Waals surface area contributed by atoms with Gasteiger partial charge in [0, 0.05) is 17.2 Å². The SMILES string of the molecule is Cc1cc(-c2cccc(C#N)c2)c(C(=O)NC2CC2)cc1-c1ccc(C(N)=O)cc1. The minimum absolute atomic E-state index is 0.120. The van der Waals surface area contributed by atoms with Gasteiger partial charge in [-0.3, -0.25) is 9.59 Å². The van der Waals surface area contributed by atoms with E-state index >= 15 is 0 Å². The van der Waals surface area contributed by atoms with Crippen molar-refractivity contribution in [1.82, 2.24) is 5.32 Å². The largest absolute Gasteiger partial charge is 0.366 e. The molecule has 0 unspecified atom stereocenters. The average molecular weight is 395 g/mol. The number of hydrogen-bond acceptors (Lipinski definition) is 3. The Balaban J connectivity index is 1.84. The van der Waals surface area contributed by atoms with Gasteiger partial charge in [0.25, 0.3) is 5.91 Å². The van der Waals surface area contributed by atoms with Crippen LogP contribution in [0.25, 0.3) is 22.3 Å². The first-order valence-corrected chi connectivity index (χ1v) is 9.82. The van der Waals surface area contributed by atoms with Gasteiger partial charge in [-0.1, -0.05) is 30.3 Å². The van der Waals surface area contributed by atoms with Crippen LogP contribution in [0.1, 0.15) is 44.7 Å². The standard InChI is InChI=1S/C25H21N3O2/c1-15-11-22(19-4-2-3-16(12-19)14-26)23(25(30)28-20-9-10-20)13-21(15)17-5-7-18(8-6-17)24(27)29/h2-8,11-13,20H,9-10H2,1H3,(H2,27,29)(H,28,30). The summed E-state index contributed by atoms with van der Waals surface area (Å²) in [5.41, 5.74) is 11.3. The molecular weight excluding hydrogens is 374 g/mol. The van der Waals surface area contributed by atoms with Gasteiger partial charge in [0.15, 0.2) is 0 Å². The van der Waals surface area contributed by atoms with Crippen molar-refractivity contribution < 1.29 is 9.59 Å². The Bertz CT molecular complexity index is 1190. The van der Waals surface area contributed by atoms with E-state index in [1.165, 1.54) is 0 Å². The Morgan fingerprint density at radius 1 is 1.00 bits per heavy atom. The second-order valence-electron chi connectivity index (χ2n) is 7.59. The van der Waals surface area contributed by atoms with Crippen molar-refractivity contribution in [1.29, 1.82) is 5.26 Å². The highest BCUT2D eigenvalue weighted by Crippen LogP contribution is 2.33. The number of carbonyl (C=O) groups is 2. The van der Waals surface area contributed by atoms with Crippen LogP contribution >= 0.6 is 0 Å². The molecule has 1 aliphatic rings. The highest BCUT2D eigenvalue weighted by atomic mass is 16.2. The number of carbonyl (C=O) groups excluding carboxylic acids is 2. The van der Waals surface area contributed by atoms with Crippen molar-refractivity contribution in [3.8, 4) is 28.3 Å². The summed E-state index contributed by atoms with van der Waals surface area (Å²) in [5.74, 6) is -0.597. The topological polar surface area (TPSA) is 96.0 Å². The molecule has 1 aliphatic carbocycles. The lowest BCUT2D eigenvalue weighted by Gasteiger charge is -2.16. The summed E-state index contributed by atoms with van der Waals surface area (Å²) >= 11 is 0. The maximum Gasteiger partial charge on any atom is 0.252 e. The molecule has 0 atom stereocenters. The summed E-state index contributed by atoms with van der Waals surface area (Å²) in [5, 5.41) is 12.3. The monoisotopic (exact) mass is 395 g/mol. The predicted octanol–water partition coefficient (Wildman–Crippen LogP) is 4.19. The number of rotatable bonds is 5. The Kier molecular flexibility index (Phi) is 5.07. The number of benzene rings is 3. The lowest BCUT2D eigenvalue weighted by molar-refractivity contribution is 0.0950. The van der Waals surface area contributed by atoms with Crippen molar-refractivity contribution in [3.05, 3.63) is 82.9 Å². The summed E-state index contributed by atoms with van der Waals surface area (Å²) < 4.78 is 0. The van der Waals surface area contributed by atoms with Crippen LogP contribution in [0, 0.1) is 18.3 Å². The molecule has 1 fully saturated rings. The van der Waals surface area contributed by atoms with E-state index in [-0.39, 0.29) is 11.9 Å². The average Bonchev–Trinajstić information content (AvgIpc) is 3.57. The van der Waals surface area contributed by atoms with Crippen LogP contribution in [0.4, 0.5) is 0 Å². The predicted molar refractivity (Wildman–Crippen MR) is 116 cm³/mol. The molecule has 1 saturated carbocycles. The zero-order valence-corrected chi connectivity index (χ0v) is 16.6. The van der Waals surface area contributed by atoms with Gasteiger partial charge in [-0.25, -0.2) is 0 Å². The van der Waals surface area contributed by atoms with E-state index in [0.29, 0.717) is 16.7 Å². The van der Waals surface area contributed by atoms with Crippen molar-refractivity contribution in [2.75, 3.05) is 0 Å². The first-order chi connectivity index (χ1) is 14.5. The third kappa shape index (κ3) is 3.94. The molecule has 0 aliphatic heterocycles. The van der Waals surface area contributed by atoms with Crippen molar-refractivity contribution in [2.24, 2.45) is 5.73 Å². The van der Waals surface area contributed by atoms with Crippen molar-refractivity contribution >= 4 is 11.8 Å². The quantitative estimate of drug-likeness (QED) is 0.678. The van der Waals surface area contributed by atoms with E-state index in [9.17, 15) is 14.9 Å². The molecule has 0 radical (unpaired) electrons. The summed E-state index contributed by atoms with van der Waals surface area (Å²) in [4.78, 5) is 24.4. The van der Waals surface area contributed by atoms with Crippen LogP contribution in [0.3, 0.4) is 0 Å². The summed E-state index contributed by atoms with van der Waals surface area (Å²) in [6.45, 7) is 1.98. The van der Waals surface area contributed by atoms with Crippen LogP contribution in [0.2, 0.25) is 0 Å². The maximum atomic E-state index is 13.0. The Morgan fingerprint density at radius 2 is 1.73 bits per heavy atom. The molecule has 30 heavy (non-hydrogen) atoms. The van der Waals surface area contributed by atoms with E-state index in [1.807, 2.05) is 43.3 Å². The highest BCUT2D eigenvalue weighted by molar-refractivity contribution is 6.03. The van der Waals surface area contributed by atoms with E-state index in [1.54, 1.807) is 24.3 Å².